The van der Waals surface area contributed by atoms with Gasteiger partial charge in [0.1, 0.15) is 12.7 Å². The second-order valence-electron chi connectivity index (χ2n) is 6.47. The predicted molar refractivity (Wildman–Crippen MR) is 95.2 cm³/mol. The van der Waals surface area contributed by atoms with Crippen molar-refractivity contribution in [2.24, 2.45) is 0 Å². The van der Waals surface area contributed by atoms with Crippen LogP contribution in [0.25, 0.3) is 0 Å². The number of quaternary nitrogens is 1. The first-order valence-corrected chi connectivity index (χ1v) is 9.35. The number of likely N-dealkylation sites (N-methyl/N-ethyl adjacent to an activating group) is 1. The third kappa shape index (κ3) is 6.53. The predicted octanol–water partition coefficient (Wildman–Crippen LogP) is 4.30. The molecule has 0 bridgehead atoms. The number of aliphatic hydroxyl groups excluding tert-OH is 1. The standard InChI is InChI=1S/C19H37N2O/c1-3-5-6-7-8-9-10-11-12-13-14-19-20-15-16-21(19,4-2)17-18-22/h10-11,15-16,19-20,22H,3-9,12-14,17-18H2,1-2H3/q+1/b11-10+. The Balaban J connectivity index is 2.11. The van der Waals surface area contributed by atoms with E-state index in [9.17, 15) is 5.11 Å². The fraction of sp³-hybridized carbons (Fsp3) is 0.789. The molecule has 3 heteroatoms. The van der Waals surface area contributed by atoms with Crippen molar-refractivity contribution in [3.05, 3.63) is 24.6 Å². The summed E-state index contributed by atoms with van der Waals surface area (Å²) in [5.41, 5.74) is 0. The van der Waals surface area contributed by atoms with Crippen LogP contribution in [0.15, 0.2) is 24.6 Å². The highest BCUT2D eigenvalue weighted by Gasteiger charge is 2.35. The molecular weight excluding hydrogens is 272 g/mol. The van der Waals surface area contributed by atoms with Crippen molar-refractivity contribution in [3.63, 3.8) is 0 Å². The average molecular weight is 310 g/mol. The third-order valence-corrected chi connectivity index (χ3v) is 4.88. The van der Waals surface area contributed by atoms with Crippen molar-refractivity contribution in [3.8, 4) is 0 Å². The zero-order valence-corrected chi connectivity index (χ0v) is 14.8. The van der Waals surface area contributed by atoms with Crippen LogP contribution in [0.3, 0.4) is 0 Å². The van der Waals surface area contributed by atoms with Crippen molar-refractivity contribution in [2.75, 3.05) is 19.7 Å². The lowest BCUT2D eigenvalue weighted by molar-refractivity contribution is -0.900. The maximum absolute atomic E-state index is 9.30. The van der Waals surface area contributed by atoms with Gasteiger partial charge >= 0.3 is 0 Å². The molecule has 0 saturated carbocycles. The second kappa shape index (κ2) is 11.7. The van der Waals surface area contributed by atoms with Gasteiger partial charge in [0.2, 0.25) is 0 Å². The molecule has 0 aromatic heterocycles. The Bertz CT molecular complexity index is 327. The van der Waals surface area contributed by atoms with Gasteiger partial charge in [-0.05, 0) is 32.6 Å². The van der Waals surface area contributed by atoms with Crippen molar-refractivity contribution < 1.29 is 9.59 Å². The number of hydrogen-bond acceptors (Lipinski definition) is 2. The van der Waals surface area contributed by atoms with Crippen LogP contribution in [0.2, 0.25) is 0 Å². The highest BCUT2D eigenvalue weighted by atomic mass is 16.3. The van der Waals surface area contributed by atoms with Gasteiger partial charge in [0, 0.05) is 6.42 Å². The molecule has 2 N–H and O–H groups in total. The highest BCUT2D eigenvalue weighted by Crippen LogP contribution is 2.22. The molecule has 0 saturated heterocycles. The number of nitrogens with one attached hydrogen (secondary N) is 1. The molecule has 0 amide bonds. The van der Waals surface area contributed by atoms with Gasteiger partial charge in [-0.25, -0.2) is 0 Å². The maximum atomic E-state index is 9.30. The number of hydrogen-bond donors (Lipinski definition) is 2. The highest BCUT2D eigenvalue weighted by molar-refractivity contribution is 4.86. The van der Waals surface area contributed by atoms with Gasteiger partial charge in [0.05, 0.1) is 19.4 Å². The topological polar surface area (TPSA) is 32.3 Å². The monoisotopic (exact) mass is 309 g/mol. The number of unbranched alkanes of at least 4 members (excludes halogenated alkanes) is 6. The molecule has 0 spiro atoms. The van der Waals surface area contributed by atoms with Crippen LogP contribution in [0.1, 0.15) is 71.6 Å². The van der Waals surface area contributed by atoms with Gasteiger partial charge < -0.3 is 10.4 Å². The molecular formula is C19H37N2O+. The van der Waals surface area contributed by atoms with E-state index in [1.807, 2.05) is 0 Å². The Morgan fingerprint density at radius 1 is 1.05 bits per heavy atom. The number of rotatable bonds is 13. The molecule has 22 heavy (non-hydrogen) atoms. The zero-order chi connectivity index (χ0) is 16.1. The molecule has 0 aromatic rings. The van der Waals surface area contributed by atoms with E-state index in [0.29, 0.717) is 6.17 Å². The molecule has 1 rings (SSSR count). The molecule has 0 aromatic carbocycles. The van der Waals surface area contributed by atoms with E-state index in [0.717, 1.165) is 17.6 Å². The molecule has 1 aliphatic heterocycles. The van der Waals surface area contributed by atoms with Crippen LogP contribution in [-0.4, -0.2) is 35.5 Å². The van der Waals surface area contributed by atoms with E-state index >= 15 is 0 Å². The van der Waals surface area contributed by atoms with Crippen LogP contribution >= 0.6 is 0 Å². The Labute approximate surface area is 137 Å². The summed E-state index contributed by atoms with van der Waals surface area (Å²) in [5.74, 6) is 0. The lowest BCUT2D eigenvalue weighted by Crippen LogP contribution is -2.54. The summed E-state index contributed by atoms with van der Waals surface area (Å²) in [4.78, 5) is 0. The summed E-state index contributed by atoms with van der Waals surface area (Å²) in [6.45, 7) is 6.59. The summed E-state index contributed by atoms with van der Waals surface area (Å²) in [6, 6.07) is 0. The molecule has 1 heterocycles. The van der Waals surface area contributed by atoms with Crippen LogP contribution in [0, 0.1) is 0 Å². The minimum atomic E-state index is 0.258. The zero-order valence-electron chi connectivity index (χ0n) is 14.8. The normalized spacial score (nSPS) is 24.2. The second-order valence-corrected chi connectivity index (χ2v) is 6.47. The summed E-state index contributed by atoms with van der Waals surface area (Å²) in [7, 11) is 0. The van der Waals surface area contributed by atoms with E-state index in [2.05, 4.69) is 43.7 Å². The van der Waals surface area contributed by atoms with Crippen LogP contribution in [0.4, 0.5) is 0 Å². The molecule has 1 aliphatic rings. The van der Waals surface area contributed by atoms with Crippen molar-refractivity contribution >= 4 is 0 Å². The molecule has 2 unspecified atom stereocenters. The van der Waals surface area contributed by atoms with Gasteiger partial charge in [0.15, 0.2) is 6.17 Å². The third-order valence-electron chi connectivity index (χ3n) is 4.88. The number of allylic oxidation sites excluding steroid dienone is 2. The minimum absolute atomic E-state index is 0.258. The summed E-state index contributed by atoms with van der Waals surface area (Å²) < 4.78 is 0.887. The Hall–Kier alpha value is -0.800. The van der Waals surface area contributed by atoms with E-state index in [4.69, 9.17) is 0 Å². The minimum Gasteiger partial charge on any atom is -0.390 e. The van der Waals surface area contributed by atoms with Crippen LogP contribution in [0.5, 0.6) is 0 Å². The largest absolute Gasteiger partial charge is 0.390 e. The summed E-state index contributed by atoms with van der Waals surface area (Å²) in [5, 5.41) is 12.8. The first-order chi connectivity index (χ1) is 10.8. The van der Waals surface area contributed by atoms with Crippen LogP contribution in [-0.2, 0) is 0 Å². The van der Waals surface area contributed by atoms with E-state index < -0.39 is 0 Å². The quantitative estimate of drug-likeness (QED) is 0.302. The molecule has 0 radical (unpaired) electrons. The lowest BCUT2D eigenvalue weighted by Gasteiger charge is -2.36. The van der Waals surface area contributed by atoms with Gasteiger partial charge in [-0.2, -0.15) is 0 Å². The number of nitrogens with zero attached hydrogens (tertiary/aromatic N) is 1. The molecule has 2 atom stereocenters. The van der Waals surface area contributed by atoms with E-state index in [-0.39, 0.29) is 6.61 Å². The Kier molecular flexibility index (Phi) is 10.3. The molecule has 0 aliphatic carbocycles. The smallest absolute Gasteiger partial charge is 0.166 e. The SMILES string of the molecule is CCCCCCC/C=C/CCCC1NC=C[N+]1(CC)CCO. The van der Waals surface area contributed by atoms with Gasteiger partial charge in [-0.3, -0.25) is 4.48 Å². The van der Waals surface area contributed by atoms with Crippen molar-refractivity contribution in [2.45, 2.75) is 77.8 Å². The summed E-state index contributed by atoms with van der Waals surface area (Å²) in [6.07, 6.45) is 21.1. The van der Waals surface area contributed by atoms with Crippen molar-refractivity contribution in [1.29, 1.82) is 0 Å². The molecule has 3 nitrogen and oxygen atoms in total. The fourth-order valence-corrected chi connectivity index (χ4v) is 3.33. The Morgan fingerprint density at radius 2 is 1.77 bits per heavy atom. The van der Waals surface area contributed by atoms with Crippen LogP contribution < -0.4 is 5.32 Å². The fourth-order valence-electron chi connectivity index (χ4n) is 3.33. The van der Waals surface area contributed by atoms with E-state index in [1.165, 1.54) is 57.8 Å². The molecule has 128 valence electrons. The summed E-state index contributed by atoms with van der Waals surface area (Å²) >= 11 is 0. The molecule has 0 fully saturated rings. The van der Waals surface area contributed by atoms with Gasteiger partial charge in [-0.1, -0.05) is 44.8 Å². The van der Waals surface area contributed by atoms with Gasteiger partial charge in [-0.15, -0.1) is 0 Å². The Morgan fingerprint density at radius 3 is 2.45 bits per heavy atom. The first-order valence-electron chi connectivity index (χ1n) is 9.35. The van der Waals surface area contributed by atoms with Gasteiger partial charge in [0.25, 0.3) is 0 Å². The lowest BCUT2D eigenvalue weighted by atomic mass is 10.1. The van der Waals surface area contributed by atoms with Crippen molar-refractivity contribution in [1.82, 2.24) is 5.32 Å². The maximum Gasteiger partial charge on any atom is 0.166 e. The number of aliphatic hydroxyl groups is 1. The van der Waals surface area contributed by atoms with E-state index in [1.54, 1.807) is 0 Å². The average Bonchev–Trinajstić information content (AvgIpc) is 2.93. The first kappa shape index (κ1) is 19.2.